The number of nitrogens with two attached hydrogens (primary N) is 1. The molecule has 0 saturated carbocycles. The molecule has 2 atom stereocenters. The number of anilines is 1. The highest BCUT2D eigenvalue weighted by atomic mass is 35.5. The number of methoxy groups -OCH3 is 1. The van der Waals surface area contributed by atoms with Crippen molar-refractivity contribution >= 4 is 35.6 Å². The first-order valence-corrected chi connectivity index (χ1v) is 8.13. The van der Waals surface area contributed by atoms with Crippen molar-refractivity contribution in [3.05, 3.63) is 22.7 Å². The van der Waals surface area contributed by atoms with Crippen molar-refractivity contribution in [1.82, 2.24) is 10.2 Å². The van der Waals surface area contributed by atoms with Gasteiger partial charge >= 0.3 is 0 Å². The van der Waals surface area contributed by atoms with Gasteiger partial charge in [-0.3, -0.25) is 4.79 Å². The average molecular weight is 360 g/mol. The van der Waals surface area contributed by atoms with E-state index in [-0.39, 0.29) is 18.3 Å². The predicted molar refractivity (Wildman–Crippen MR) is 94.7 cm³/mol. The van der Waals surface area contributed by atoms with E-state index < -0.39 is 0 Å². The van der Waals surface area contributed by atoms with Crippen LogP contribution in [0.25, 0.3) is 0 Å². The number of carbonyl (C=O) groups is 1. The van der Waals surface area contributed by atoms with Crippen molar-refractivity contribution in [3.8, 4) is 5.75 Å². The molecule has 7 heteroatoms. The Morgan fingerprint density at radius 3 is 2.96 bits per heavy atom. The Kier molecular flexibility index (Phi) is 6.00. The summed E-state index contributed by atoms with van der Waals surface area (Å²) < 4.78 is 5.24. The Morgan fingerprint density at radius 2 is 2.22 bits per heavy atom. The van der Waals surface area contributed by atoms with Gasteiger partial charge in [0.05, 0.1) is 23.4 Å². The third-order valence-corrected chi connectivity index (χ3v) is 5.16. The number of benzene rings is 1. The molecular formula is C16H23Cl2N3O2. The molecule has 3 N–H and O–H groups in total. The molecule has 5 nitrogen and oxygen atoms in total. The summed E-state index contributed by atoms with van der Waals surface area (Å²) in [6.07, 6.45) is 3.68. The molecule has 0 aromatic heterocycles. The zero-order valence-corrected chi connectivity index (χ0v) is 14.8. The average Bonchev–Trinajstić information content (AvgIpc) is 3.10. The maximum absolute atomic E-state index is 12.4. The number of halogens is 2. The standard InChI is InChI=1S/C16H22ClN3O2.ClH/c1-22-15-8-13(18)12(17)7-11(15)16(21)19-9-10-4-6-20-5-2-3-14(10)20;/h7-8,10,14H,2-6,9,18H2,1H3,(H,19,21);1H/t10-,14-;/m0./s1. The Bertz CT molecular complexity index is 583. The topological polar surface area (TPSA) is 67.6 Å². The van der Waals surface area contributed by atoms with Gasteiger partial charge in [-0.1, -0.05) is 11.6 Å². The van der Waals surface area contributed by atoms with Crippen molar-refractivity contribution in [3.63, 3.8) is 0 Å². The fourth-order valence-corrected chi connectivity index (χ4v) is 3.82. The largest absolute Gasteiger partial charge is 0.496 e. The number of hydrogen-bond acceptors (Lipinski definition) is 4. The summed E-state index contributed by atoms with van der Waals surface area (Å²) in [7, 11) is 1.52. The lowest BCUT2D eigenvalue weighted by Crippen LogP contribution is -2.35. The second-order valence-corrected chi connectivity index (χ2v) is 6.49. The highest BCUT2D eigenvalue weighted by Crippen LogP contribution is 2.32. The zero-order valence-electron chi connectivity index (χ0n) is 13.2. The third kappa shape index (κ3) is 3.67. The van der Waals surface area contributed by atoms with Gasteiger partial charge < -0.3 is 20.7 Å². The second-order valence-electron chi connectivity index (χ2n) is 6.08. The Morgan fingerprint density at radius 1 is 1.43 bits per heavy atom. The molecule has 1 aromatic rings. The maximum atomic E-state index is 12.4. The fourth-order valence-electron chi connectivity index (χ4n) is 3.66. The summed E-state index contributed by atoms with van der Waals surface area (Å²) in [6, 6.07) is 3.80. The molecule has 0 radical (unpaired) electrons. The van der Waals surface area contributed by atoms with Gasteiger partial charge in [-0.05, 0) is 44.3 Å². The normalized spacial score (nSPS) is 23.2. The molecule has 0 unspecified atom stereocenters. The van der Waals surface area contributed by atoms with Gasteiger partial charge in [0.1, 0.15) is 5.75 Å². The first-order valence-electron chi connectivity index (χ1n) is 7.75. The SMILES string of the molecule is COc1cc(N)c(Cl)cc1C(=O)NC[C@@H]1CCN2CCC[C@@H]12.Cl. The summed E-state index contributed by atoms with van der Waals surface area (Å²) in [4.78, 5) is 15.0. The van der Waals surface area contributed by atoms with E-state index in [2.05, 4.69) is 10.2 Å². The molecule has 128 valence electrons. The number of nitrogens with one attached hydrogen (secondary N) is 1. The zero-order chi connectivity index (χ0) is 15.7. The summed E-state index contributed by atoms with van der Waals surface area (Å²) in [5.41, 5.74) is 6.59. The van der Waals surface area contributed by atoms with Crippen LogP contribution in [-0.4, -0.2) is 43.6 Å². The number of amides is 1. The van der Waals surface area contributed by atoms with Crippen LogP contribution in [0, 0.1) is 5.92 Å². The Labute approximate surface area is 147 Å². The molecule has 2 heterocycles. The molecule has 2 aliphatic heterocycles. The highest BCUT2D eigenvalue weighted by molar-refractivity contribution is 6.33. The van der Waals surface area contributed by atoms with Crippen LogP contribution >= 0.6 is 24.0 Å². The fraction of sp³-hybridized carbons (Fsp3) is 0.562. The molecular weight excluding hydrogens is 337 g/mol. The van der Waals surface area contributed by atoms with Crippen LogP contribution in [0.3, 0.4) is 0 Å². The summed E-state index contributed by atoms with van der Waals surface area (Å²) in [6.45, 7) is 3.06. The number of nitrogens with zero attached hydrogens (tertiary/aromatic N) is 1. The van der Waals surface area contributed by atoms with E-state index in [1.54, 1.807) is 12.1 Å². The van der Waals surface area contributed by atoms with E-state index in [1.807, 2.05) is 0 Å². The van der Waals surface area contributed by atoms with Crippen molar-refractivity contribution < 1.29 is 9.53 Å². The number of carbonyl (C=O) groups excluding carboxylic acids is 1. The lowest BCUT2D eigenvalue weighted by molar-refractivity contribution is 0.0941. The van der Waals surface area contributed by atoms with Crippen LogP contribution in [0.1, 0.15) is 29.6 Å². The van der Waals surface area contributed by atoms with Crippen LogP contribution in [0.5, 0.6) is 5.75 Å². The number of nitrogen functional groups attached to an aromatic ring is 1. The van der Waals surface area contributed by atoms with E-state index in [0.29, 0.717) is 40.5 Å². The Hall–Kier alpha value is -1.17. The van der Waals surface area contributed by atoms with Gasteiger partial charge in [-0.25, -0.2) is 0 Å². The summed E-state index contributed by atoms with van der Waals surface area (Å²) in [5.74, 6) is 0.838. The monoisotopic (exact) mass is 359 g/mol. The van der Waals surface area contributed by atoms with Crippen LogP contribution in [-0.2, 0) is 0 Å². The molecule has 3 rings (SSSR count). The van der Waals surface area contributed by atoms with Crippen LogP contribution < -0.4 is 15.8 Å². The molecule has 2 aliphatic rings. The van der Waals surface area contributed by atoms with E-state index in [4.69, 9.17) is 22.1 Å². The number of fused-ring (bicyclic) bond motifs is 1. The van der Waals surface area contributed by atoms with E-state index in [9.17, 15) is 4.79 Å². The molecule has 1 aromatic carbocycles. The first-order chi connectivity index (χ1) is 10.6. The minimum Gasteiger partial charge on any atom is -0.496 e. The highest BCUT2D eigenvalue weighted by Gasteiger charge is 2.37. The van der Waals surface area contributed by atoms with Gasteiger partial charge in [0.25, 0.3) is 5.91 Å². The molecule has 2 saturated heterocycles. The molecule has 0 spiro atoms. The smallest absolute Gasteiger partial charge is 0.255 e. The van der Waals surface area contributed by atoms with Gasteiger partial charge in [0, 0.05) is 18.7 Å². The minimum atomic E-state index is -0.157. The second kappa shape index (κ2) is 7.60. The lowest BCUT2D eigenvalue weighted by atomic mass is 9.98. The molecule has 0 bridgehead atoms. The molecule has 0 aliphatic carbocycles. The van der Waals surface area contributed by atoms with Gasteiger partial charge in [0.15, 0.2) is 0 Å². The van der Waals surface area contributed by atoms with Gasteiger partial charge in [-0.15, -0.1) is 12.4 Å². The molecule has 23 heavy (non-hydrogen) atoms. The maximum Gasteiger partial charge on any atom is 0.255 e. The lowest BCUT2D eigenvalue weighted by Gasteiger charge is -2.20. The predicted octanol–water partition coefficient (Wildman–Crippen LogP) is 2.57. The first kappa shape index (κ1) is 18.2. The van der Waals surface area contributed by atoms with Crippen LogP contribution in [0.2, 0.25) is 5.02 Å². The number of hydrogen-bond donors (Lipinski definition) is 2. The van der Waals surface area contributed by atoms with Gasteiger partial charge in [-0.2, -0.15) is 0 Å². The van der Waals surface area contributed by atoms with E-state index in [0.717, 1.165) is 13.0 Å². The quantitative estimate of drug-likeness (QED) is 0.810. The van der Waals surface area contributed by atoms with Crippen molar-refractivity contribution in [2.45, 2.75) is 25.3 Å². The molecule has 2 fully saturated rings. The van der Waals surface area contributed by atoms with Crippen molar-refractivity contribution in [2.75, 3.05) is 32.5 Å². The Balaban J connectivity index is 0.00000192. The van der Waals surface area contributed by atoms with E-state index >= 15 is 0 Å². The van der Waals surface area contributed by atoms with Crippen molar-refractivity contribution in [2.24, 2.45) is 5.92 Å². The third-order valence-electron chi connectivity index (χ3n) is 4.83. The number of rotatable bonds is 4. The van der Waals surface area contributed by atoms with Crippen LogP contribution in [0.4, 0.5) is 5.69 Å². The number of ether oxygens (including phenoxy) is 1. The van der Waals surface area contributed by atoms with E-state index in [1.165, 1.54) is 26.5 Å². The van der Waals surface area contributed by atoms with Crippen molar-refractivity contribution in [1.29, 1.82) is 0 Å². The summed E-state index contributed by atoms with van der Waals surface area (Å²) >= 11 is 6.02. The minimum absolute atomic E-state index is 0. The summed E-state index contributed by atoms with van der Waals surface area (Å²) in [5, 5.41) is 3.40. The molecule has 1 amide bonds. The van der Waals surface area contributed by atoms with Crippen LogP contribution in [0.15, 0.2) is 12.1 Å². The van der Waals surface area contributed by atoms with Gasteiger partial charge in [0.2, 0.25) is 0 Å².